The largest absolute Gasteiger partial charge is 0.337 e. The van der Waals surface area contributed by atoms with Crippen LogP contribution in [0.1, 0.15) is 32.7 Å². The third-order valence-electron chi connectivity index (χ3n) is 3.65. The number of hydrogen-bond donors (Lipinski definition) is 1. The van der Waals surface area contributed by atoms with Crippen molar-refractivity contribution in [3.63, 3.8) is 0 Å². The van der Waals surface area contributed by atoms with Gasteiger partial charge in [-0.1, -0.05) is 62.3 Å². The number of nitrogens with zero attached hydrogens (tertiary/aromatic N) is 2. The summed E-state index contributed by atoms with van der Waals surface area (Å²) in [6.45, 7) is 6.16. The second-order valence-corrected chi connectivity index (χ2v) is 6.36. The van der Waals surface area contributed by atoms with Crippen molar-refractivity contribution in [2.24, 2.45) is 11.1 Å². The van der Waals surface area contributed by atoms with Crippen molar-refractivity contribution < 1.29 is 4.52 Å². The Balaban J connectivity index is 1.98. The maximum absolute atomic E-state index is 6.16. The molecule has 0 fully saturated rings. The lowest BCUT2D eigenvalue weighted by Crippen LogP contribution is -2.26. The number of aromatic nitrogens is 2. The monoisotopic (exact) mass is 281 g/mol. The molecule has 0 aliphatic rings. The Bertz CT molecular complexity index is 771. The van der Waals surface area contributed by atoms with Gasteiger partial charge in [-0.2, -0.15) is 4.98 Å². The molecular weight excluding hydrogens is 262 g/mol. The summed E-state index contributed by atoms with van der Waals surface area (Å²) in [5, 5.41) is 6.41. The molecule has 1 aromatic heterocycles. The van der Waals surface area contributed by atoms with E-state index in [-0.39, 0.29) is 11.5 Å². The van der Waals surface area contributed by atoms with Gasteiger partial charge in [0.1, 0.15) is 0 Å². The molecule has 0 bridgehead atoms. The summed E-state index contributed by atoms with van der Waals surface area (Å²) in [7, 11) is 0. The van der Waals surface area contributed by atoms with Crippen molar-refractivity contribution >= 4 is 10.8 Å². The third kappa shape index (κ3) is 2.67. The first-order chi connectivity index (χ1) is 9.95. The van der Waals surface area contributed by atoms with Crippen molar-refractivity contribution in [2.45, 2.75) is 26.8 Å². The van der Waals surface area contributed by atoms with Crippen LogP contribution in [0.3, 0.4) is 0 Å². The van der Waals surface area contributed by atoms with Gasteiger partial charge < -0.3 is 10.3 Å². The first-order valence-corrected chi connectivity index (χ1v) is 7.03. The van der Waals surface area contributed by atoms with Crippen LogP contribution in [0.5, 0.6) is 0 Å². The van der Waals surface area contributed by atoms with E-state index >= 15 is 0 Å². The summed E-state index contributed by atoms with van der Waals surface area (Å²) in [5.74, 6) is 1.06. The Morgan fingerprint density at radius 2 is 1.76 bits per heavy atom. The predicted octanol–water partition coefficient (Wildman–Crippen LogP) is 3.94. The van der Waals surface area contributed by atoms with E-state index in [1.165, 1.54) is 5.39 Å². The molecule has 2 aromatic carbocycles. The minimum atomic E-state index is -0.279. The fraction of sp³-hybridized carbons (Fsp3) is 0.294. The average molecular weight is 281 g/mol. The summed E-state index contributed by atoms with van der Waals surface area (Å²) < 4.78 is 5.33. The lowest BCUT2D eigenvalue weighted by Gasteiger charge is -2.23. The summed E-state index contributed by atoms with van der Waals surface area (Å²) in [6, 6.07) is 14.0. The van der Waals surface area contributed by atoms with E-state index < -0.39 is 0 Å². The van der Waals surface area contributed by atoms with Gasteiger partial charge >= 0.3 is 0 Å². The third-order valence-corrected chi connectivity index (χ3v) is 3.65. The van der Waals surface area contributed by atoms with Crippen molar-refractivity contribution in [1.29, 1.82) is 0 Å². The Labute approximate surface area is 124 Å². The molecule has 0 radical (unpaired) electrons. The van der Waals surface area contributed by atoms with E-state index in [1.807, 2.05) is 18.2 Å². The van der Waals surface area contributed by atoms with E-state index in [1.54, 1.807) is 0 Å². The summed E-state index contributed by atoms with van der Waals surface area (Å²) >= 11 is 0. The van der Waals surface area contributed by atoms with E-state index in [0.717, 1.165) is 10.9 Å². The summed E-state index contributed by atoms with van der Waals surface area (Å²) in [6.07, 6.45) is 0. The molecule has 1 atom stereocenters. The molecule has 0 spiro atoms. The normalized spacial score (nSPS) is 13.5. The van der Waals surface area contributed by atoms with Crippen LogP contribution in [0.4, 0.5) is 0 Å². The fourth-order valence-electron chi connectivity index (χ4n) is 2.18. The smallest absolute Gasteiger partial charge is 0.244 e. The number of nitrogens with two attached hydrogens (primary N) is 1. The van der Waals surface area contributed by atoms with Gasteiger partial charge in [0, 0.05) is 5.56 Å². The predicted molar refractivity (Wildman–Crippen MR) is 83.6 cm³/mol. The lowest BCUT2D eigenvalue weighted by atomic mass is 9.87. The minimum Gasteiger partial charge on any atom is -0.337 e. The Morgan fingerprint density at radius 1 is 1.05 bits per heavy atom. The summed E-state index contributed by atoms with van der Waals surface area (Å²) in [5.41, 5.74) is 6.97. The van der Waals surface area contributed by atoms with Gasteiger partial charge in [0.25, 0.3) is 0 Å². The van der Waals surface area contributed by atoms with E-state index in [2.05, 4.69) is 55.2 Å². The van der Waals surface area contributed by atoms with Crippen LogP contribution < -0.4 is 5.73 Å². The Hall–Kier alpha value is -2.20. The van der Waals surface area contributed by atoms with Crippen molar-refractivity contribution in [1.82, 2.24) is 10.1 Å². The number of rotatable bonds is 2. The molecule has 1 heterocycles. The quantitative estimate of drug-likeness (QED) is 0.772. The van der Waals surface area contributed by atoms with Crippen molar-refractivity contribution in [3.8, 4) is 11.4 Å². The van der Waals surface area contributed by atoms with Crippen LogP contribution >= 0.6 is 0 Å². The number of benzene rings is 2. The molecule has 0 unspecified atom stereocenters. The van der Waals surface area contributed by atoms with Crippen molar-refractivity contribution in [2.75, 3.05) is 0 Å². The minimum absolute atomic E-state index is 0.118. The first-order valence-electron chi connectivity index (χ1n) is 7.03. The maximum atomic E-state index is 6.16. The highest BCUT2D eigenvalue weighted by Gasteiger charge is 2.27. The maximum Gasteiger partial charge on any atom is 0.244 e. The zero-order chi connectivity index (χ0) is 15.0. The second-order valence-electron chi connectivity index (χ2n) is 6.36. The highest BCUT2D eigenvalue weighted by atomic mass is 16.5. The van der Waals surface area contributed by atoms with E-state index in [0.29, 0.717) is 11.7 Å². The van der Waals surface area contributed by atoms with E-state index in [4.69, 9.17) is 10.3 Å². The second kappa shape index (κ2) is 4.97. The van der Waals surface area contributed by atoms with E-state index in [9.17, 15) is 0 Å². The molecule has 4 nitrogen and oxygen atoms in total. The standard InChI is InChI=1S/C17H19N3O/c1-17(2,3)14(18)16-19-15(20-21-16)13-9-8-11-6-4-5-7-12(11)10-13/h4-10,14H,18H2,1-3H3/t14-/m1/s1. The van der Waals surface area contributed by atoms with Crippen LogP contribution in [-0.2, 0) is 0 Å². The molecule has 2 N–H and O–H groups in total. The zero-order valence-corrected chi connectivity index (χ0v) is 12.5. The van der Waals surface area contributed by atoms with Gasteiger partial charge in [0.15, 0.2) is 0 Å². The molecule has 3 aromatic rings. The SMILES string of the molecule is CC(C)(C)[C@H](N)c1nc(-c2ccc3ccccc3c2)no1. The highest BCUT2D eigenvalue weighted by Crippen LogP contribution is 2.30. The van der Waals surface area contributed by atoms with Gasteiger partial charge in [-0.05, 0) is 22.3 Å². The molecule has 0 aliphatic carbocycles. The number of fused-ring (bicyclic) bond motifs is 1. The molecule has 0 aliphatic heterocycles. The van der Waals surface area contributed by atoms with Crippen molar-refractivity contribution in [3.05, 3.63) is 48.4 Å². The molecule has 0 saturated heterocycles. The van der Waals surface area contributed by atoms with Gasteiger partial charge in [-0.3, -0.25) is 0 Å². The molecule has 3 rings (SSSR count). The average Bonchev–Trinajstić information content (AvgIpc) is 2.94. The van der Waals surface area contributed by atoms with Crippen LogP contribution in [0.15, 0.2) is 47.0 Å². The fourth-order valence-corrected chi connectivity index (χ4v) is 2.18. The first kappa shape index (κ1) is 13.8. The Kier molecular flexibility index (Phi) is 3.26. The van der Waals surface area contributed by atoms with Gasteiger partial charge in [0.05, 0.1) is 6.04 Å². The molecule has 0 amide bonds. The van der Waals surface area contributed by atoms with Gasteiger partial charge in [0.2, 0.25) is 11.7 Å². The van der Waals surface area contributed by atoms with Gasteiger partial charge in [-0.15, -0.1) is 0 Å². The summed E-state index contributed by atoms with van der Waals surface area (Å²) in [4.78, 5) is 4.45. The highest BCUT2D eigenvalue weighted by molar-refractivity contribution is 5.86. The number of hydrogen-bond acceptors (Lipinski definition) is 4. The molecular formula is C17H19N3O. The lowest BCUT2D eigenvalue weighted by molar-refractivity contribution is 0.253. The zero-order valence-electron chi connectivity index (χ0n) is 12.5. The Morgan fingerprint density at radius 3 is 2.48 bits per heavy atom. The van der Waals surface area contributed by atoms with Crippen LogP contribution in [0, 0.1) is 5.41 Å². The van der Waals surface area contributed by atoms with Crippen LogP contribution in [0.25, 0.3) is 22.2 Å². The van der Waals surface area contributed by atoms with Crippen LogP contribution in [0.2, 0.25) is 0 Å². The molecule has 108 valence electrons. The van der Waals surface area contributed by atoms with Crippen LogP contribution in [-0.4, -0.2) is 10.1 Å². The molecule has 21 heavy (non-hydrogen) atoms. The topological polar surface area (TPSA) is 64.9 Å². The molecule has 4 heteroatoms. The molecule has 0 saturated carbocycles. The van der Waals surface area contributed by atoms with Gasteiger partial charge in [-0.25, -0.2) is 0 Å².